The van der Waals surface area contributed by atoms with E-state index in [1.165, 1.54) is 12.4 Å². The molecule has 0 bridgehead atoms. The summed E-state index contributed by atoms with van der Waals surface area (Å²) in [6.45, 7) is 0.707. The smallest absolute Gasteiger partial charge is 0.263 e. The van der Waals surface area contributed by atoms with Gasteiger partial charge in [0.25, 0.3) is 5.89 Å². The molecular formula is C20H14FN5O3. The minimum Gasteiger partial charge on any atom is -0.454 e. The van der Waals surface area contributed by atoms with Crippen molar-refractivity contribution in [2.75, 3.05) is 12.1 Å². The lowest BCUT2D eigenvalue weighted by molar-refractivity contribution is 0.174. The van der Waals surface area contributed by atoms with Gasteiger partial charge in [-0.15, -0.1) is 0 Å². The number of benzene rings is 2. The Labute approximate surface area is 164 Å². The Balaban J connectivity index is 1.39. The Morgan fingerprint density at radius 1 is 1.03 bits per heavy atom. The number of anilines is 1. The third-order valence-corrected chi connectivity index (χ3v) is 4.38. The summed E-state index contributed by atoms with van der Waals surface area (Å²) in [7, 11) is 0. The molecule has 0 saturated heterocycles. The molecule has 5 rings (SSSR count). The normalized spacial score (nSPS) is 12.2. The summed E-state index contributed by atoms with van der Waals surface area (Å²) < 4.78 is 30.0. The first-order valence-corrected chi connectivity index (χ1v) is 8.79. The van der Waals surface area contributed by atoms with E-state index in [0.717, 1.165) is 11.3 Å². The van der Waals surface area contributed by atoms with Gasteiger partial charge in [-0.25, -0.2) is 14.4 Å². The largest absolute Gasteiger partial charge is 0.454 e. The average molecular weight is 391 g/mol. The molecule has 1 aliphatic heterocycles. The monoisotopic (exact) mass is 391 g/mol. The molecule has 0 fully saturated rings. The van der Waals surface area contributed by atoms with E-state index in [0.29, 0.717) is 23.7 Å². The molecular weight excluding hydrogens is 377 g/mol. The number of hydrogen-bond acceptors (Lipinski definition) is 8. The highest BCUT2D eigenvalue weighted by molar-refractivity contribution is 5.69. The number of halogens is 1. The Bertz CT molecular complexity index is 1180. The van der Waals surface area contributed by atoms with Gasteiger partial charge in [0, 0.05) is 12.7 Å². The van der Waals surface area contributed by atoms with Crippen molar-refractivity contribution in [1.29, 1.82) is 0 Å². The van der Waals surface area contributed by atoms with Crippen LogP contribution in [-0.4, -0.2) is 26.9 Å². The van der Waals surface area contributed by atoms with Gasteiger partial charge in [-0.3, -0.25) is 0 Å². The summed E-state index contributed by atoms with van der Waals surface area (Å²) >= 11 is 0. The summed E-state index contributed by atoms with van der Waals surface area (Å²) in [5, 5.41) is 7.11. The fourth-order valence-electron chi connectivity index (χ4n) is 2.95. The van der Waals surface area contributed by atoms with Crippen molar-refractivity contribution in [3.8, 4) is 34.3 Å². The third kappa shape index (κ3) is 3.33. The van der Waals surface area contributed by atoms with E-state index in [1.54, 1.807) is 24.4 Å². The van der Waals surface area contributed by atoms with E-state index in [4.69, 9.17) is 14.0 Å². The molecule has 9 heteroatoms. The summed E-state index contributed by atoms with van der Waals surface area (Å²) in [5.41, 5.74) is 1.76. The maximum absolute atomic E-state index is 14.0. The van der Waals surface area contributed by atoms with E-state index in [2.05, 4.69) is 25.4 Å². The van der Waals surface area contributed by atoms with Crippen LogP contribution < -0.4 is 14.8 Å². The lowest BCUT2D eigenvalue weighted by atomic mass is 10.2. The molecule has 0 saturated carbocycles. The Hall–Kier alpha value is -4.01. The second kappa shape index (κ2) is 7.19. The first-order chi connectivity index (χ1) is 14.3. The second-order valence-electron chi connectivity index (χ2n) is 6.23. The van der Waals surface area contributed by atoms with Crippen LogP contribution in [0.25, 0.3) is 22.8 Å². The van der Waals surface area contributed by atoms with E-state index >= 15 is 0 Å². The summed E-state index contributed by atoms with van der Waals surface area (Å²) in [6, 6.07) is 11.9. The molecule has 1 N–H and O–H groups in total. The van der Waals surface area contributed by atoms with Gasteiger partial charge in [0.1, 0.15) is 23.5 Å². The number of fused-ring (bicyclic) bond motifs is 1. The van der Waals surface area contributed by atoms with Crippen molar-refractivity contribution >= 4 is 5.82 Å². The van der Waals surface area contributed by atoms with Gasteiger partial charge in [0.2, 0.25) is 12.6 Å². The summed E-state index contributed by atoms with van der Waals surface area (Å²) in [6.07, 6.45) is 2.98. The average Bonchev–Trinajstić information content (AvgIpc) is 3.42. The maximum atomic E-state index is 14.0. The first-order valence-electron chi connectivity index (χ1n) is 8.79. The van der Waals surface area contributed by atoms with E-state index in [1.807, 2.05) is 18.2 Å². The van der Waals surface area contributed by atoms with Crippen molar-refractivity contribution in [2.45, 2.75) is 6.54 Å². The van der Waals surface area contributed by atoms with Crippen LogP contribution in [0.3, 0.4) is 0 Å². The van der Waals surface area contributed by atoms with E-state index in [-0.39, 0.29) is 24.1 Å². The highest BCUT2D eigenvalue weighted by Crippen LogP contribution is 2.33. The van der Waals surface area contributed by atoms with Gasteiger partial charge in [-0.2, -0.15) is 4.98 Å². The molecule has 2 aromatic heterocycles. The molecule has 0 amide bonds. The van der Waals surface area contributed by atoms with E-state index < -0.39 is 5.82 Å². The van der Waals surface area contributed by atoms with Crippen molar-refractivity contribution in [3.63, 3.8) is 0 Å². The van der Waals surface area contributed by atoms with Crippen LogP contribution in [0.5, 0.6) is 11.5 Å². The highest BCUT2D eigenvalue weighted by Gasteiger charge is 2.18. The predicted octanol–water partition coefficient (Wildman–Crippen LogP) is 3.67. The lowest BCUT2D eigenvalue weighted by Gasteiger charge is -2.08. The molecule has 0 aliphatic carbocycles. The zero-order valence-electron chi connectivity index (χ0n) is 15.0. The molecule has 0 spiro atoms. The SMILES string of the molecule is Fc1ccccc1-c1noc(-c2cncnc2NCc2ccc3c(c2)OCO3)n1. The Morgan fingerprint density at radius 2 is 1.93 bits per heavy atom. The lowest BCUT2D eigenvalue weighted by Crippen LogP contribution is -2.03. The highest BCUT2D eigenvalue weighted by atomic mass is 19.1. The molecule has 2 aromatic carbocycles. The molecule has 4 aromatic rings. The number of hydrogen-bond donors (Lipinski definition) is 1. The van der Waals surface area contributed by atoms with Gasteiger partial charge in [0.15, 0.2) is 11.5 Å². The first kappa shape index (κ1) is 17.1. The van der Waals surface area contributed by atoms with Crippen molar-refractivity contribution in [3.05, 3.63) is 66.4 Å². The minimum atomic E-state index is -0.426. The maximum Gasteiger partial charge on any atom is 0.263 e. The van der Waals surface area contributed by atoms with Crippen LogP contribution in [0, 0.1) is 5.82 Å². The molecule has 8 nitrogen and oxygen atoms in total. The van der Waals surface area contributed by atoms with Crippen LogP contribution in [-0.2, 0) is 6.54 Å². The van der Waals surface area contributed by atoms with Crippen LogP contribution in [0.1, 0.15) is 5.56 Å². The fourth-order valence-corrected chi connectivity index (χ4v) is 2.95. The van der Waals surface area contributed by atoms with Crippen molar-refractivity contribution < 1.29 is 18.4 Å². The van der Waals surface area contributed by atoms with Crippen LogP contribution in [0.2, 0.25) is 0 Å². The van der Waals surface area contributed by atoms with Gasteiger partial charge < -0.3 is 19.3 Å². The van der Waals surface area contributed by atoms with Crippen LogP contribution in [0.15, 0.2) is 59.5 Å². The van der Waals surface area contributed by atoms with Gasteiger partial charge >= 0.3 is 0 Å². The number of nitrogens with zero attached hydrogens (tertiary/aromatic N) is 4. The van der Waals surface area contributed by atoms with Crippen LogP contribution >= 0.6 is 0 Å². The number of rotatable bonds is 5. The summed E-state index contributed by atoms with van der Waals surface area (Å²) in [5.74, 6) is 1.87. The zero-order valence-corrected chi connectivity index (χ0v) is 15.0. The quantitative estimate of drug-likeness (QED) is 0.551. The Kier molecular flexibility index (Phi) is 4.24. The van der Waals surface area contributed by atoms with Crippen molar-refractivity contribution in [1.82, 2.24) is 20.1 Å². The minimum absolute atomic E-state index is 0.156. The van der Waals surface area contributed by atoms with Gasteiger partial charge in [-0.1, -0.05) is 23.4 Å². The topological polar surface area (TPSA) is 95.2 Å². The zero-order chi connectivity index (χ0) is 19.6. The Morgan fingerprint density at radius 3 is 2.86 bits per heavy atom. The van der Waals surface area contributed by atoms with Gasteiger partial charge in [0.05, 0.1) is 5.56 Å². The van der Waals surface area contributed by atoms with Gasteiger partial charge in [-0.05, 0) is 29.8 Å². The summed E-state index contributed by atoms with van der Waals surface area (Å²) in [4.78, 5) is 12.6. The molecule has 0 unspecified atom stereocenters. The van der Waals surface area contributed by atoms with Crippen LogP contribution in [0.4, 0.5) is 10.2 Å². The number of aromatic nitrogens is 4. The third-order valence-electron chi connectivity index (χ3n) is 4.38. The van der Waals surface area contributed by atoms with E-state index in [9.17, 15) is 4.39 Å². The molecule has 144 valence electrons. The molecule has 0 atom stereocenters. The predicted molar refractivity (Wildman–Crippen MR) is 101 cm³/mol. The molecule has 1 aliphatic rings. The molecule has 0 radical (unpaired) electrons. The number of ether oxygens (including phenoxy) is 2. The fraction of sp³-hybridized carbons (Fsp3) is 0.100. The standard InChI is InChI=1S/C20H14FN5O3/c21-15-4-2-1-3-13(15)19-25-20(29-26-19)14-9-22-10-24-18(14)23-8-12-5-6-16-17(7-12)28-11-27-16/h1-7,9-10H,8,11H2,(H,22,23,24). The molecule has 3 heterocycles. The molecule has 29 heavy (non-hydrogen) atoms. The van der Waals surface area contributed by atoms with Crippen molar-refractivity contribution in [2.24, 2.45) is 0 Å². The second-order valence-corrected chi connectivity index (χ2v) is 6.23. The number of nitrogens with one attached hydrogen (secondary N) is 1.